The predicted octanol–water partition coefficient (Wildman–Crippen LogP) is 1.64. The summed E-state index contributed by atoms with van der Waals surface area (Å²) >= 11 is 5.75. The van der Waals surface area contributed by atoms with E-state index in [9.17, 15) is 14.0 Å². The van der Waals surface area contributed by atoms with Crippen molar-refractivity contribution in [3.8, 4) is 0 Å². The molecular weight excluding hydrogens is 361 g/mol. The molecule has 3 aromatic rings. The molecule has 136 valence electrons. The Hall–Kier alpha value is -2.61. The van der Waals surface area contributed by atoms with Crippen LogP contribution in [0.25, 0.3) is 11.2 Å². The van der Waals surface area contributed by atoms with Gasteiger partial charge in [0.2, 0.25) is 5.95 Å². The number of hydrogen-bond acceptors (Lipinski definition) is 4. The summed E-state index contributed by atoms with van der Waals surface area (Å²) in [6.45, 7) is 1.80. The van der Waals surface area contributed by atoms with Crippen LogP contribution in [0, 0.1) is 5.82 Å². The smallest absolute Gasteiger partial charge is 0.332 e. The van der Waals surface area contributed by atoms with Gasteiger partial charge in [-0.05, 0) is 24.1 Å². The average molecular weight is 378 g/mol. The number of fused-ring (bicyclic) bond motifs is 3. The molecule has 0 saturated heterocycles. The largest absolute Gasteiger partial charge is 0.338 e. The maximum Gasteiger partial charge on any atom is 0.332 e. The van der Waals surface area contributed by atoms with Crippen molar-refractivity contribution in [1.82, 2.24) is 18.7 Å². The number of hydrogen-bond donors (Lipinski definition) is 0. The minimum absolute atomic E-state index is 0.0816. The SMILES string of the molecule is Cn1c(=O)c2c(nc3n2CCCN3Cc2ccc(Cl)c(F)c2)n(C)c1=O. The zero-order valence-corrected chi connectivity index (χ0v) is 15.1. The lowest BCUT2D eigenvalue weighted by atomic mass is 10.2. The molecule has 2 aromatic heterocycles. The van der Waals surface area contributed by atoms with Gasteiger partial charge in [-0.1, -0.05) is 17.7 Å². The van der Waals surface area contributed by atoms with E-state index in [4.69, 9.17) is 11.6 Å². The van der Waals surface area contributed by atoms with E-state index in [2.05, 4.69) is 4.98 Å². The molecule has 0 N–H and O–H groups in total. The van der Waals surface area contributed by atoms with Gasteiger partial charge in [0.15, 0.2) is 11.2 Å². The second-order valence-electron chi connectivity index (χ2n) is 6.46. The highest BCUT2D eigenvalue weighted by Gasteiger charge is 2.25. The predicted molar refractivity (Wildman–Crippen MR) is 97.3 cm³/mol. The van der Waals surface area contributed by atoms with Crippen molar-refractivity contribution < 1.29 is 4.39 Å². The van der Waals surface area contributed by atoms with Crippen molar-refractivity contribution >= 4 is 28.7 Å². The minimum Gasteiger partial charge on any atom is -0.338 e. The van der Waals surface area contributed by atoms with Crippen LogP contribution in [0.3, 0.4) is 0 Å². The second kappa shape index (κ2) is 5.98. The monoisotopic (exact) mass is 377 g/mol. The summed E-state index contributed by atoms with van der Waals surface area (Å²) in [4.78, 5) is 31.3. The van der Waals surface area contributed by atoms with Gasteiger partial charge < -0.3 is 9.47 Å². The van der Waals surface area contributed by atoms with Crippen LogP contribution in [0.1, 0.15) is 12.0 Å². The third kappa shape index (κ3) is 2.44. The third-order valence-electron chi connectivity index (χ3n) is 4.78. The highest BCUT2D eigenvalue weighted by Crippen LogP contribution is 2.26. The van der Waals surface area contributed by atoms with Crippen LogP contribution in [0.2, 0.25) is 5.02 Å². The molecule has 0 fully saturated rings. The minimum atomic E-state index is -0.467. The van der Waals surface area contributed by atoms with Crippen LogP contribution in [0.4, 0.5) is 10.3 Å². The summed E-state index contributed by atoms with van der Waals surface area (Å²) in [6, 6.07) is 4.69. The second-order valence-corrected chi connectivity index (χ2v) is 6.87. The van der Waals surface area contributed by atoms with Crippen molar-refractivity contribution in [3.63, 3.8) is 0 Å². The van der Waals surface area contributed by atoms with Crippen LogP contribution in [0.15, 0.2) is 27.8 Å². The lowest BCUT2D eigenvalue weighted by Crippen LogP contribution is -2.38. The zero-order valence-electron chi connectivity index (χ0n) is 14.4. The molecule has 3 heterocycles. The standard InChI is InChI=1S/C17H17ClFN5O2/c1-21-14-13(15(25)22(2)17(21)26)24-7-3-6-23(16(24)20-14)9-10-4-5-11(18)12(19)8-10/h4-5,8H,3,6-7,9H2,1-2H3. The van der Waals surface area contributed by atoms with Gasteiger partial charge in [-0.25, -0.2) is 9.18 Å². The Balaban J connectivity index is 1.85. The fourth-order valence-corrected chi connectivity index (χ4v) is 3.53. The Labute approximate surface area is 152 Å². The maximum absolute atomic E-state index is 13.7. The Morgan fingerprint density at radius 2 is 1.96 bits per heavy atom. The maximum atomic E-state index is 13.7. The summed E-state index contributed by atoms with van der Waals surface area (Å²) in [5.74, 6) is 0.144. The first-order chi connectivity index (χ1) is 12.4. The van der Waals surface area contributed by atoms with Crippen LogP contribution in [-0.4, -0.2) is 25.2 Å². The normalized spacial score (nSPS) is 14.1. The van der Waals surface area contributed by atoms with Crippen molar-refractivity contribution in [2.24, 2.45) is 14.1 Å². The number of nitrogens with zero attached hydrogens (tertiary/aromatic N) is 5. The first-order valence-electron chi connectivity index (χ1n) is 8.23. The highest BCUT2D eigenvalue weighted by molar-refractivity contribution is 6.30. The van der Waals surface area contributed by atoms with Gasteiger partial charge in [0.05, 0.1) is 5.02 Å². The molecule has 0 spiro atoms. The zero-order chi connectivity index (χ0) is 18.6. The first kappa shape index (κ1) is 16.8. The van der Waals surface area contributed by atoms with Gasteiger partial charge in [0.1, 0.15) is 5.82 Å². The van der Waals surface area contributed by atoms with Crippen molar-refractivity contribution in [2.75, 3.05) is 11.4 Å². The van der Waals surface area contributed by atoms with E-state index >= 15 is 0 Å². The Kier molecular flexibility index (Phi) is 3.87. The molecule has 0 aliphatic carbocycles. The molecule has 0 atom stereocenters. The highest BCUT2D eigenvalue weighted by atomic mass is 35.5. The Morgan fingerprint density at radius 3 is 2.69 bits per heavy atom. The summed E-state index contributed by atoms with van der Waals surface area (Å²) in [6.07, 6.45) is 0.820. The third-order valence-corrected chi connectivity index (χ3v) is 5.08. The molecule has 0 unspecified atom stereocenters. The summed E-state index contributed by atoms with van der Waals surface area (Å²) < 4.78 is 18.0. The van der Waals surface area contributed by atoms with Gasteiger partial charge in [-0.3, -0.25) is 13.9 Å². The van der Waals surface area contributed by atoms with Crippen LogP contribution in [0.5, 0.6) is 0 Å². The fraction of sp³-hybridized carbons (Fsp3) is 0.353. The van der Waals surface area contributed by atoms with E-state index in [0.29, 0.717) is 30.2 Å². The Bertz CT molecular complexity index is 1150. The number of halogens is 2. The number of aryl methyl sites for hydroxylation is 2. The number of anilines is 1. The molecule has 0 radical (unpaired) electrons. The van der Waals surface area contributed by atoms with Crippen molar-refractivity contribution in [1.29, 1.82) is 0 Å². The summed E-state index contributed by atoms with van der Waals surface area (Å²) in [7, 11) is 3.06. The molecular formula is C17H17ClFN5O2. The van der Waals surface area contributed by atoms with Crippen molar-refractivity contribution in [3.05, 3.63) is 55.4 Å². The Morgan fingerprint density at radius 1 is 1.19 bits per heavy atom. The quantitative estimate of drug-likeness (QED) is 0.681. The molecule has 26 heavy (non-hydrogen) atoms. The van der Waals surface area contributed by atoms with Gasteiger partial charge in [0.25, 0.3) is 5.56 Å². The fourth-order valence-electron chi connectivity index (χ4n) is 3.42. The van der Waals surface area contributed by atoms with E-state index < -0.39 is 11.5 Å². The lowest BCUT2D eigenvalue weighted by Gasteiger charge is -2.29. The van der Waals surface area contributed by atoms with Crippen molar-refractivity contribution in [2.45, 2.75) is 19.5 Å². The topological polar surface area (TPSA) is 65.1 Å². The molecule has 1 aliphatic rings. The van der Waals surface area contributed by atoms with E-state index in [-0.39, 0.29) is 10.6 Å². The molecule has 0 bridgehead atoms. The first-order valence-corrected chi connectivity index (χ1v) is 8.61. The van der Waals surface area contributed by atoms with Crippen LogP contribution >= 0.6 is 11.6 Å². The van der Waals surface area contributed by atoms with E-state index in [0.717, 1.165) is 23.1 Å². The van der Waals surface area contributed by atoms with Gasteiger partial charge in [-0.15, -0.1) is 0 Å². The molecule has 0 amide bonds. The van der Waals surface area contributed by atoms with Gasteiger partial charge in [0, 0.05) is 33.7 Å². The number of aromatic nitrogens is 4. The van der Waals surface area contributed by atoms with E-state index in [1.54, 1.807) is 13.1 Å². The van der Waals surface area contributed by atoms with Crippen LogP contribution < -0.4 is 16.1 Å². The average Bonchev–Trinajstić information content (AvgIpc) is 3.02. The van der Waals surface area contributed by atoms with E-state index in [1.165, 1.54) is 23.7 Å². The molecule has 9 heteroatoms. The summed E-state index contributed by atoms with van der Waals surface area (Å²) in [5.41, 5.74) is 0.763. The molecule has 0 saturated carbocycles. The molecule has 4 rings (SSSR count). The molecule has 7 nitrogen and oxygen atoms in total. The number of imidazole rings is 1. The number of benzene rings is 1. The summed E-state index contributed by atoms with van der Waals surface area (Å²) in [5, 5.41) is 0.0816. The lowest BCUT2D eigenvalue weighted by molar-refractivity contribution is 0.560. The van der Waals surface area contributed by atoms with E-state index in [1.807, 2.05) is 9.47 Å². The van der Waals surface area contributed by atoms with Gasteiger partial charge in [-0.2, -0.15) is 4.98 Å². The molecule has 1 aliphatic heterocycles. The van der Waals surface area contributed by atoms with Gasteiger partial charge >= 0.3 is 5.69 Å². The molecule has 1 aromatic carbocycles. The number of rotatable bonds is 2. The van der Waals surface area contributed by atoms with Crippen LogP contribution in [-0.2, 0) is 27.2 Å².